The zero-order valence-electron chi connectivity index (χ0n) is 13.1. The molecule has 1 aromatic heterocycles. The number of rotatable bonds is 3. The maximum absolute atomic E-state index is 12.5. The summed E-state index contributed by atoms with van der Waals surface area (Å²) in [5.41, 5.74) is 1.18. The van der Waals surface area contributed by atoms with Gasteiger partial charge in [-0.3, -0.25) is 0 Å². The van der Waals surface area contributed by atoms with Crippen LogP contribution < -0.4 is 5.32 Å². The van der Waals surface area contributed by atoms with Crippen LogP contribution in [0.3, 0.4) is 0 Å². The number of aryl methyl sites for hydroxylation is 1. The van der Waals surface area contributed by atoms with Crippen LogP contribution in [-0.4, -0.2) is 32.2 Å². The van der Waals surface area contributed by atoms with Crippen LogP contribution >= 0.6 is 0 Å². The second-order valence-corrected chi connectivity index (χ2v) is 5.96. The van der Waals surface area contributed by atoms with Gasteiger partial charge in [-0.25, -0.2) is 4.79 Å². The van der Waals surface area contributed by atoms with Crippen LogP contribution in [0.15, 0.2) is 36.7 Å². The normalized spacial score (nSPS) is 22.0. The first-order chi connectivity index (χ1) is 10.6. The summed E-state index contributed by atoms with van der Waals surface area (Å²) in [4.78, 5) is 14.4. The smallest absolute Gasteiger partial charge is 0.318 e. The Hall–Kier alpha value is -2.37. The number of nitrogens with zero attached hydrogens (tertiary/aromatic N) is 4. The molecule has 0 unspecified atom stereocenters. The quantitative estimate of drug-likeness (QED) is 0.945. The van der Waals surface area contributed by atoms with Crippen molar-refractivity contribution >= 4 is 6.03 Å². The van der Waals surface area contributed by atoms with E-state index in [1.54, 1.807) is 6.33 Å². The zero-order valence-corrected chi connectivity index (χ0v) is 13.1. The van der Waals surface area contributed by atoms with Crippen LogP contribution in [-0.2, 0) is 7.05 Å². The molecule has 2 heterocycles. The van der Waals surface area contributed by atoms with Gasteiger partial charge >= 0.3 is 6.03 Å². The van der Waals surface area contributed by atoms with Crippen LogP contribution in [0.25, 0.3) is 0 Å². The van der Waals surface area contributed by atoms with Crippen molar-refractivity contribution in [2.75, 3.05) is 6.54 Å². The molecule has 3 rings (SSSR count). The fraction of sp³-hybridized carbons (Fsp3) is 0.438. The Bertz CT molecular complexity index is 654. The van der Waals surface area contributed by atoms with Gasteiger partial charge in [0, 0.05) is 13.6 Å². The predicted molar refractivity (Wildman–Crippen MR) is 83.0 cm³/mol. The van der Waals surface area contributed by atoms with Gasteiger partial charge < -0.3 is 14.8 Å². The SMILES string of the molecule is C[C@H](NC(=O)N1C[C@@H](C)[C@H]1c1ccccc1)c1nncn1C. The van der Waals surface area contributed by atoms with Crippen LogP contribution in [0.5, 0.6) is 0 Å². The summed E-state index contributed by atoms with van der Waals surface area (Å²) < 4.78 is 1.82. The topological polar surface area (TPSA) is 63.1 Å². The van der Waals surface area contributed by atoms with Gasteiger partial charge in [0.05, 0.1) is 12.1 Å². The minimum atomic E-state index is -0.174. The first-order valence-corrected chi connectivity index (χ1v) is 7.54. The van der Waals surface area contributed by atoms with E-state index in [2.05, 4.69) is 34.6 Å². The molecular weight excluding hydrogens is 278 g/mol. The van der Waals surface area contributed by atoms with Gasteiger partial charge in [0.2, 0.25) is 0 Å². The van der Waals surface area contributed by atoms with Crippen molar-refractivity contribution < 1.29 is 4.79 Å². The highest BCUT2D eigenvalue weighted by Gasteiger charge is 2.40. The van der Waals surface area contributed by atoms with Gasteiger partial charge in [-0.05, 0) is 18.4 Å². The molecule has 116 valence electrons. The van der Waals surface area contributed by atoms with Gasteiger partial charge in [-0.2, -0.15) is 0 Å². The Kier molecular flexibility index (Phi) is 3.83. The van der Waals surface area contributed by atoms with E-state index in [4.69, 9.17) is 0 Å². The van der Waals surface area contributed by atoms with Crippen molar-refractivity contribution in [1.82, 2.24) is 25.0 Å². The molecule has 1 N–H and O–H groups in total. The van der Waals surface area contributed by atoms with Crippen molar-refractivity contribution in [3.63, 3.8) is 0 Å². The van der Waals surface area contributed by atoms with Crippen LogP contribution in [0, 0.1) is 5.92 Å². The maximum Gasteiger partial charge on any atom is 0.318 e. The Morgan fingerprint density at radius 1 is 1.36 bits per heavy atom. The van der Waals surface area contributed by atoms with E-state index in [0.29, 0.717) is 5.92 Å². The molecule has 0 saturated carbocycles. The van der Waals surface area contributed by atoms with Crippen LogP contribution in [0.4, 0.5) is 4.79 Å². The first kappa shape index (κ1) is 14.6. The van der Waals surface area contributed by atoms with E-state index in [1.807, 2.05) is 41.6 Å². The van der Waals surface area contributed by atoms with Gasteiger partial charge in [0.1, 0.15) is 6.33 Å². The first-order valence-electron chi connectivity index (χ1n) is 7.54. The Morgan fingerprint density at radius 3 is 2.68 bits per heavy atom. The standard InChI is InChI=1S/C16H21N5O/c1-11-9-21(14(11)13-7-5-4-6-8-13)16(22)18-12(2)15-19-17-10-20(15)3/h4-8,10-12,14H,9H2,1-3H3,(H,18,22)/t11-,12+,14+/m1/s1. The third-order valence-corrected chi connectivity index (χ3v) is 4.24. The van der Waals surface area contributed by atoms with Crippen molar-refractivity contribution in [1.29, 1.82) is 0 Å². The lowest BCUT2D eigenvalue weighted by Gasteiger charge is -2.47. The molecule has 3 atom stereocenters. The number of urea groups is 1. The van der Waals surface area contributed by atoms with Gasteiger partial charge in [-0.15, -0.1) is 10.2 Å². The van der Waals surface area contributed by atoms with E-state index in [-0.39, 0.29) is 18.1 Å². The van der Waals surface area contributed by atoms with Crippen LogP contribution in [0.1, 0.15) is 37.3 Å². The number of carbonyl (C=O) groups excluding carboxylic acids is 1. The number of aromatic nitrogens is 3. The summed E-state index contributed by atoms with van der Waals surface area (Å²) in [5.74, 6) is 1.22. The number of nitrogens with one attached hydrogen (secondary N) is 1. The minimum absolute atomic E-state index is 0.0533. The lowest BCUT2D eigenvalue weighted by molar-refractivity contribution is 0.0577. The molecule has 0 aliphatic carbocycles. The molecule has 1 fully saturated rings. The molecule has 6 heteroatoms. The van der Waals surface area contributed by atoms with Crippen molar-refractivity contribution in [3.05, 3.63) is 48.0 Å². The van der Waals surface area contributed by atoms with E-state index >= 15 is 0 Å². The highest BCUT2D eigenvalue weighted by atomic mass is 16.2. The molecule has 1 aliphatic heterocycles. The molecule has 2 amide bonds. The Balaban J connectivity index is 1.69. The highest BCUT2D eigenvalue weighted by Crippen LogP contribution is 2.38. The average Bonchev–Trinajstić information content (AvgIpc) is 2.91. The predicted octanol–water partition coefficient (Wildman–Crippen LogP) is 2.28. The number of hydrogen-bond acceptors (Lipinski definition) is 3. The van der Waals surface area contributed by atoms with Crippen molar-refractivity contribution in [2.24, 2.45) is 13.0 Å². The number of carbonyl (C=O) groups is 1. The zero-order chi connectivity index (χ0) is 15.7. The number of amides is 2. The molecule has 22 heavy (non-hydrogen) atoms. The average molecular weight is 299 g/mol. The fourth-order valence-corrected chi connectivity index (χ4v) is 3.08. The molecule has 1 aliphatic rings. The number of hydrogen-bond donors (Lipinski definition) is 1. The number of benzene rings is 1. The van der Waals surface area contributed by atoms with Crippen molar-refractivity contribution in [2.45, 2.75) is 25.9 Å². The highest BCUT2D eigenvalue weighted by molar-refractivity contribution is 5.76. The van der Waals surface area contributed by atoms with Gasteiger partial charge in [-0.1, -0.05) is 37.3 Å². The molecule has 0 spiro atoms. The second kappa shape index (κ2) is 5.79. The largest absolute Gasteiger partial charge is 0.328 e. The lowest BCUT2D eigenvalue weighted by atomic mass is 9.85. The molecule has 0 radical (unpaired) electrons. The molecule has 1 aromatic carbocycles. The van der Waals surface area contributed by atoms with Gasteiger partial charge in [0.15, 0.2) is 5.82 Å². The molecule has 0 bridgehead atoms. The van der Waals surface area contributed by atoms with Crippen molar-refractivity contribution in [3.8, 4) is 0 Å². The summed E-state index contributed by atoms with van der Waals surface area (Å²) >= 11 is 0. The summed E-state index contributed by atoms with van der Waals surface area (Å²) in [6.07, 6.45) is 1.64. The monoisotopic (exact) mass is 299 g/mol. The summed E-state index contributed by atoms with van der Waals surface area (Å²) in [7, 11) is 1.87. The van der Waals surface area contributed by atoms with E-state index in [0.717, 1.165) is 12.4 Å². The lowest BCUT2D eigenvalue weighted by Crippen LogP contribution is -2.55. The molecular formula is C16H21N5O. The van der Waals surface area contributed by atoms with E-state index in [1.165, 1.54) is 5.56 Å². The summed E-state index contributed by atoms with van der Waals surface area (Å²) in [6.45, 7) is 4.87. The minimum Gasteiger partial charge on any atom is -0.328 e. The fourth-order valence-electron chi connectivity index (χ4n) is 3.08. The van der Waals surface area contributed by atoms with Crippen LogP contribution in [0.2, 0.25) is 0 Å². The molecule has 6 nitrogen and oxygen atoms in total. The molecule has 1 saturated heterocycles. The van der Waals surface area contributed by atoms with Gasteiger partial charge in [0.25, 0.3) is 0 Å². The summed E-state index contributed by atoms with van der Waals surface area (Å²) in [6, 6.07) is 10.1. The third kappa shape index (κ3) is 2.56. The van der Waals surface area contributed by atoms with E-state index in [9.17, 15) is 4.79 Å². The van der Waals surface area contributed by atoms with E-state index < -0.39 is 0 Å². The second-order valence-electron chi connectivity index (χ2n) is 5.96. The Labute approximate surface area is 130 Å². The third-order valence-electron chi connectivity index (χ3n) is 4.24. The Morgan fingerprint density at radius 2 is 2.09 bits per heavy atom. The summed E-state index contributed by atoms with van der Waals surface area (Å²) in [5, 5.41) is 10.9. The molecule has 2 aromatic rings. The maximum atomic E-state index is 12.5. The number of likely N-dealkylation sites (tertiary alicyclic amines) is 1.